The standard InChI is InChI=1S/C13H16FN3O2S/c1-3-13-10(9-17(2)16-13)8-15-20(18,19)12-6-4-11(14)5-7-12/h4-7,9,15H,3,8H2,1-2H3. The average Bonchev–Trinajstić information content (AvgIpc) is 2.77. The lowest BCUT2D eigenvalue weighted by Gasteiger charge is -2.06. The zero-order chi connectivity index (χ0) is 14.8. The Balaban J connectivity index is 2.15. The maximum absolute atomic E-state index is 12.8. The van der Waals surface area contributed by atoms with Gasteiger partial charge in [0.15, 0.2) is 0 Å². The van der Waals surface area contributed by atoms with E-state index < -0.39 is 15.8 Å². The SMILES string of the molecule is CCc1nn(C)cc1CNS(=O)(=O)c1ccc(F)cc1. The van der Waals surface area contributed by atoms with Crippen LogP contribution in [-0.2, 0) is 30.0 Å². The van der Waals surface area contributed by atoms with Gasteiger partial charge < -0.3 is 0 Å². The summed E-state index contributed by atoms with van der Waals surface area (Å²) < 4.78 is 41.1. The van der Waals surface area contributed by atoms with Crippen molar-refractivity contribution in [3.63, 3.8) is 0 Å². The fraction of sp³-hybridized carbons (Fsp3) is 0.308. The molecule has 0 fully saturated rings. The molecule has 20 heavy (non-hydrogen) atoms. The van der Waals surface area contributed by atoms with Gasteiger partial charge in [0.05, 0.1) is 10.6 Å². The van der Waals surface area contributed by atoms with Gasteiger partial charge in [0.1, 0.15) is 5.82 Å². The van der Waals surface area contributed by atoms with Gasteiger partial charge >= 0.3 is 0 Å². The summed E-state index contributed by atoms with van der Waals surface area (Å²) in [6.45, 7) is 2.12. The highest BCUT2D eigenvalue weighted by atomic mass is 32.2. The van der Waals surface area contributed by atoms with Crippen molar-refractivity contribution in [1.29, 1.82) is 0 Å². The summed E-state index contributed by atoms with van der Waals surface area (Å²) in [6.07, 6.45) is 2.51. The molecule has 0 unspecified atom stereocenters. The van der Waals surface area contributed by atoms with Crippen LogP contribution < -0.4 is 4.72 Å². The quantitative estimate of drug-likeness (QED) is 0.911. The zero-order valence-corrected chi connectivity index (χ0v) is 12.1. The van der Waals surface area contributed by atoms with Crippen molar-refractivity contribution in [3.05, 3.63) is 47.5 Å². The molecule has 5 nitrogen and oxygen atoms in total. The van der Waals surface area contributed by atoms with E-state index in [9.17, 15) is 12.8 Å². The largest absolute Gasteiger partial charge is 0.275 e. The molecule has 2 aromatic rings. The number of aryl methyl sites for hydroxylation is 2. The second kappa shape index (κ2) is 5.72. The lowest BCUT2D eigenvalue weighted by molar-refractivity contribution is 0.580. The van der Waals surface area contributed by atoms with Crippen LogP contribution in [0, 0.1) is 5.82 Å². The Kier molecular flexibility index (Phi) is 4.20. The van der Waals surface area contributed by atoms with Gasteiger partial charge in [-0.15, -0.1) is 0 Å². The summed E-state index contributed by atoms with van der Waals surface area (Å²) in [5.41, 5.74) is 1.69. The summed E-state index contributed by atoms with van der Waals surface area (Å²) in [5.74, 6) is -0.468. The van der Waals surface area contributed by atoms with Crippen LogP contribution in [0.5, 0.6) is 0 Å². The summed E-state index contributed by atoms with van der Waals surface area (Å²) in [5, 5.41) is 4.25. The molecule has 1 aromatic carbocycles. The second-order valence-electron chi connectivity index (χ2n) is 4.41. The van der Waals surface area contributed by atoms with Crippen molar-refractivity contribution >= 4 is 10.0 Å². The van der Waals surface area contributed by atoms with Gasteiger partial charge in [-0.25, -0.2) is 17.5 Å². The van der Waals surface area contributed by atoms with E-state index in [0.29, 0.717) is 0 Å². The molecular weight excluding hydrogens is 281 g/mol. The summed E-state index contributed by atoms with van der Waals surface area (Å²) >= 11 is 0. The Morgan fingerprint density at radius 3 is 2.55 bits per heavy atom. The first kappa shape index (κ1) is 14.7. The predicted octanol–water partition coefficient (Wildman–Crippen LogP) is 1.60. The van der Waals surface area contributed by atoms with E-state index in [-0.39, 0.29) is 11.4 Å². The van der Waals surface area contributed by atoms with Gasteiger partial charge in [-0.1, -0.05) is 6.92 Å². The molecule has 0 aliphatic heterocycles. The molecule has 108 valence electrons. The van der Waals surface area contributed by atoms with Gasteiger partial charge in [0.2, 0.25) is 10.0 Å². The molecule has 1 aromatic heterocycles. The van der Waals surface area contributed by atoms with Crippen molar-refractivity contribution < 1.29 is 12.8 Å². The highest BCUT2D eigenvalue weighted by Gasteiger charge is 2.15. The van der Waals surface area contributed by atoms with E-state index in [1.54, 1.807) is 17.9 Å². The van der Waals surface area contributed by atoms with Gasteiger partial charge in [-0.2, -0.15) is 5.10 Å². The second-order valence-corrected chi connectivity index (χ2v) is 6.17. The van der Waals surface area contributed by atoms with Gasteiger partial charge in [-0.05, 0) is 30.7 Å². The first-order valence-electron chi connectivity index (χ1n) is 6.19. The molecule has 0 bridgehead atoms. The van der Waals surface area contributed by atoms with E-state index in [0.717, 1.165) is 29.8 Å². The molecule has 2 rings (SSSR count). The number of halogens is 1. The van der Waals surface area contributed by atoms with Crippen molar-refractivity contribution in [3.8, 4) is 0 Å². The van der Waals surface area contributed by atoms with Crippen molar-refractivity contribution in [2.45, 2.75) is 24.8 Å². The first-order valence-corrected chi connectivity index (χ1v) is 7.67. The molecule has 0 aliphatic carbocycles. The highest BCUT2D eigenvalue weighted by molar-refractivity contribution is 7.89. The summed E-state index contributed by atoms with van der Waals surface area (Å²) in [4.78, 5) is 0.0424. The molecular formula is C13H16FN3O2S. The fourth-order valence-corrected chi connectivity index (χ4v) is 2.91. The number of nitrogens with one attached hydrogen (secondary N) is 1. The van der Waals surface area contributed by atoms with Crippen molar-refractivity contribution in [2.24, 2.45) is 7.05 Å². The normalized spacial score (nSPS) is 11.8. The Hall–Kier alpha value is -1.73. The molecule has 0 radical (unpaired) electrons. The average molecular weight is 297 g/mol. The smallest absolute Gasteiger partial charge is 0.240 e. The van der Waals surface area contributed by atoms with Crippen LogP contribution in [0.15, 0.2) is 35.4 Å². The van der Waals surface area contributed by atoms with Crippen LogP contribution >= 0.6 is 0 Å². The molecule has 1 heterocycles. The monoisotopic (exact) mass is 297 g/mol. The number of hydrogen-bond donors (Lipinski definition) is 1. The molecule has 0 atom stereocenters. The number of nitrogens with zero attached hydrogens (tertiary/aromatic N) is 2. The van der Waals surface area contributed by atoms with Gasteiger partial charge in [0.25, 0.3) is 0 Å². The van der Waals surface area contributed by atoms with E-state index in [1.807, 2.05) is 6.92 Å². The molecule has 0 saturated heterocycles. The van der Waals surface area contributed by atoms with E-state index in [1.165, 1.54) is 12.1 Å². The molecule has 0 amide bonds. The minimum absolute atomic E-state index is 0.0424. The number of rotatable bonds is 5. The van der Waals surface area contributed by atoms with Crippen LogP contribution in [-0.4, -0.2) is 18.2 Å². The van der Waals surface area contributed by atoms with Gasteiger partial charge in [-0.3, -0.25) is 4.68 Å². The fourth-order valence-electron chi connectivity index (χ4n) is 1.90. The summed E-state index contributed by atoms with van der Waals surface area (Å²) in [7, 11) is -1.86. The number of benzene rings is 1. The van der Waals surface area contributed by atoms with Crippen LogP contribution in [0.2, 0.25) is 0 Å². The van der Waals surface area contributed by atoms with E-state index >= 15 is 0 Å². The van der Waals surface area contributed by atoms with Crippen LogP contribution in [0.1, 0.15) is 18.2 Å². The Morgan fingerprint density at radius 2 is 1.95 bits per heavy atom. The lowest BCUT2D eigenvalue weighted by atomic mass is 10.2. The Labute approximate surface area is 117 Å². The third-order valence-corrected chi connectivity index (χ3v) is 4.32. The minimum Gasteiger partial charge on any atom is -0.275 e. The van der Waals surface area contributed by atoms with Crippen molar-refractivity contribution in [1.82, 2.24) is 14.5 Å². The van der Waals surface area contributed by atoms with E-state index in [2.05, 4.69) is 9.82 Å². The highest BCUT2D eigenvalue weighted by Crippen LogP contribution is 2.12. The molecule has 0 aliphatic rings. The number of sulfonamides is 1. The molecule has 0 saturated carbocycles. The summed E-state index contributed by atoms with van der Waals surface area (Å²) in [6, 6.07) is 4.72. The number of aromatic nitrogens is 2. The maximum Gasteiger partial charge on any atom is 0.240 e. The maximum atomic E-state index is 12.8. The minimum atomic E-state index is -3.64. The molecule has 7 heteroatoms. The van der Waals surface area contributed by atoms with Crippen LogP contribution in [0.3, 0.4) is 0 Å². The number of hydrogen-bond acceptors (Lipinski definition) is 3. The lowest BCUT2D eigenvalue weighted by Crippen LogP contribution is -2.23. The first-order chi connectivity index (χ1) is 9.42. The van der Waals surface area contributed by atoms with Gasteiger partial charge in [0, 0.05) is 25.4 Å². The van der Waals surface area contributed by atoms with Crippen LogP contribution in [0.4, 0.5) is 4.39 Å². The topological polar surface area (TPSA) is 64.0 Å². The van der Waals surface area contributed by atoms with E-state index in [4.69, 9.17) is 0 Å². The molecule has 1 N–H and O–H groups in total. The Morgan fingerprint density at radius 1 is 1.30 bits per heavy atom. The van der Waals surface area contributed by atoms with Crippen LogP contribution in [0.25, 0.3) is 0 Å². The van der Waals surface area contributed by atoms with Crippen molar-refractivity contribution in [2.75, 3.05) is 0 Å². The zero-order valence-electron chi connectivity index (χ0n) is 11.3. The Bertz CT molecular complexity index is 693. The third kappa shape index (κ3) is 3.23. The third-order valence-electron chi connectivity index (χ3n) is 2.90. The predicted molar refractivity (Wildman–Crippen MR) is 73.0 cm³/mol. The molecule has 0 spiro atoms.